The second-order valence-corrected chi connectivity index (χ2v) is 4.74. The van der Waals surface area contributed by atoms with Crippen LogP contribution in [0.25, 0.3) is 0 Å². The van der Waals surface area contributed by atoms with Crippen LogP contribution in [0.2, 0.25) is 0 Å². The van der Waals surface area contributed by atoms with Crippen LogP contribution >= 0.6 is 0 Å². The Morgan fingerprint density at radius 3 is 2.23 bits per heavy atom. The fourth-order valence-electron chi connectivity index (χ4n) is 1.74. The highest BCUT2D eigenvalue weighted by Gasteiger charge is 2.04. The van der Waals surface area contributed by atoms with Gasteiger partial charge in [0.05, 0.1) is 6.54 Å². The predicted molar refractivity (Wildman–Crippen MR) is 83.9 cm³/mol. The molecule has 22 heavy (non-hydrogen) atoms. The molecule has 0 spiro atoms. The Morgan fingerprint density at radius 2 is 1.59 bits per heavy atom. The molecule has 0 amide bonds. The molecule has 1 unspecified atom stereocenters. The normalized spacial score (nSPS) is 12.0. The Morgan fingerprint density at radius 1 is 1.00 bits per heavy atom. The Bertz CT molecular complexity index is 403. The van der Waals surface area contributed by atoms with E-state index in [0.29, 0.717) is 31.8 Å². The molecule has 0 aliphatic carbocycles. The summed E-state index contributed by atoms with van der Waals surface area (Å²) in [6.45, 7) is 3.54. The summed E-state index contributed by atoms with van der Waals surface area (Å²) >= 11 is 0. The summed E-state index contributed by atoms with van der Waals surface area (Å²) in [4.78, 5) is 10.3. The maximum atomic E-state index is 10.3. The number of hydrogen-bond acceptors (Lipinski definition) is 6. The van der Waals surface area contributed by atoms with Gasteiger partial charge in [0.1, 0.15) is 5.75 Å². The van der Waals surface area contributed by atoms with E-state index in [2.05, 4.69) is 16.0 Å². The summed E-state index contributed by atoms with van der Waals surface area (Å²) in [5.74, 6) is -0.191. The molecule has 0 fully saturated rings. The Hall–Kier alpha value is -1.67. The van der Waals surface area contributed by atoms with Gasteiger partial charge in [0.25, 0.3) is 0 Å². The molecule has 124 valence electrons. The topological polar surface area (TPSA) is 103 Å². The van der Waals surface area contributed by atoms with E-state index in [1.54, 1.807) is 12.1 Å². The average Bonchev–Trinajstić information content (AvgIpc) is 2.50. The molecule has 1 aromatic rings. The summed E-state index contributed by atoms with van der Waals surface area (Å²) in [7, 11) is 0. The molecular weight excluding hydrogens is 286 g/mol. The summed E-state index contributed by atoms with van der Waals surface area (Å²) in [5, 5.41) is 27.3. The average molecular weight is 311 g/mol. The molecule has 0 heterocycles. The molecule has 0 bridgehead atoms. The van der Waals surface area contributed by atoms with E-state index >= 15 is 0 Å². The van der Waals surface area contributed by atoms with Crippen LogP contribution in [0.4, 0.5) is 0 Å². The van der Waals surface area contributed by atoms with Gasteiger partial charge in [-0.25, -0.2) is 0 Å². The number of rotatable bonds is 13. The highest BCUT2D eigenvalue weighted by molar-refractivity contribution is 5.68. The molecule has 0 aliphatic heterocycles. The van der Waals surface area contributed by atoms with E-state index < -0.39 is 12.3 Å². The number of carboxylic acids is 1. The standard InChI is InChI=1S/C15H25N3O4/c19-14(20)12-18-11-10-17-9-8-16-7-6-15(21)22-13-4-2-1-3-5-13/h1-5,15-18,21H,6-12H2,(H,19,20). The van der Waals surface area contributed by atoms with E-state index in [0.717, 1.165) is 13.1 Å². The first kappa shape index (κ1) is 18.4. The molecule has 0 saturated carbocycles. The van der Waals surface area contributed by atoms with Gasteiger partial charge in [-0.05, 0) is 12.1 Å². The maximum absolute atomic E-state index is 10.3. The number of carboxylic acid groups (broad SMARTS) is 1. The minimum atomic E-state index is -0.849. The van der Waals surface area contributed by atoms with Gasteiger partial charge >= 0.3 is 5.97 Å². The smallest absolute Gasteiger partial charge is 0.317 e. The molecule has 1 rings (SSSR count). The quantitative estimate of drug-likeness (QED) is 0.250. The third-order valence-electron chi connectivity index (χ3n) is 2.82. The van der Waals surface area contributed by atoms with E-state index in [1.807, 2.05) is 18.2 Å². The number of aliphatic hydroxyl groups is 1. The van der Waals surface area contributed by atoms with Crippen molar-refractivity contribution in [3.05, 3.63) is 30.3 Å². The van der Waals surface area contributed by atoms with Crippen molar-refractivity contribution in [1.29, 1.82) is 0 Å². The van der Waals surface area contributed by atoms with Crippen LogP contribution in [-0.2, 0) is 4.79 Å². The zero-order chi connectivity index (χ0) is 16.0. The van der Waals surface area contributed by atoms with E-state index in [-0.39, 0.29) is 6.54 Å². The first-order valence-corrected chi connectivity index (χ1v) is 7.42. The van der Waals surface area contributed by atoms with Crippen LogP contribution in [0.15, 0.2) is 30.3 Å². The van der Waals surface area contributed by atoms with Crippen molar-refractivity contribution in [2.75, 3.05) is 39.3 Å². The van der Waals surface area contributed by atoms with E-state index in [1.165, 1.54) is 0 Å². The Labute approximate surface area is 130 Å². The van der Waals surface area contributed by atoms with Gasteiger partial charge in [0, 0.05) is 39.1 Å². The van der Waals surface area contributed by atoms with Gasteiger partial charge in [0.2, 0.25) is 0 Å². The Balaban J connectivity index is 1.88. The number of aliphatic carboxylic acids is 1. The number of nitrogens with one attached hydrogen (secondary N) is 3. The molecule has 7 nitrogen and oxygen atoms in total. The predicted octanol–water partition coefficient (Wildman–Crippen LogP) is -0.373. The van der Waals surface area contributed by atoms with Crippen molar-refractivity contribution in [3.63, 3.8) is 0 Å². The third kappa shape index (κ3) is 10.1. The lowest BCUT2D eigenvalue weighted by Crippen LogP contribution is -2.35. The number of carbonyl (C=O) groups is 1. The third-order valence-corrected chi connectivity index (χ3v) is 2.82. The second kappa shape index (κ2) is 11.9. The van der Waals surface area contributed by atoms with Gasteiger partial charge in [-0.3, -0.25) is 4.79 Å². The number of ether oxygens (including phenoxy) is 1. The van der Waals surface area contributed by atoms with Gasteiger partial charge < -0.3 is 30.9 Å². The minimum absolute atomic E-state index is 0.0147. The first-order valence-electron chi connectivity index (χ1n) is 7.42. The van der Waals surface area contributed by atoms with Crippen LogP contribution < -0.4 is 20.7 Å². The molecule has 0 aliphatic rings. The summed E-state index contributed by atoms with van der Waals surface area (Å²) in [6, 6.07) is 9.22. The summed E-state index contributed by atoms with van der Waals surface area (Å²) in [6.07, 6.45) is -0.308. The lowest BCUT2D eigenvalue weighted by atomic mass is 10.3. The molecule has 0 radical (unpaired) electrons. The van der Waals surface area contributed by atoms with Crippen LogP contribution in [-0.4, -0.2) is 61.7 Å². The largest absolute Gasteiger partial charge is 0.480 e. The molecule has 7 heteroatoms. The SMILES string of the molecule is O=C(O)CNCCNCCNCCC(O)Oc1ccccc1. The fraction of sp³-hybridized carbons (Fsp3) is 0.533. The summed E-state index contributed by atoms with van der Waals surface area (Å²) < 4.78 is 5.35. The number of benzene rings is 1. The molecule has 1 atom stereocenters. The number of hydrogen-bond donors (Lipinski definition) is 5. The summed E-state index contributed by atoms with van der Waals surface area (Å²) in [5.41, 5.74) is 0. The molecular formula is C15H25N3O4. The van der Waals surface area contributed by atoms with Crippen LogP contribution in [0.1, 0.15) is 6.42 Å². The van der Waals surface area contributed by atoms with E-state index in [9.17, 15) is 9.90 Å². The van der Waals surface area contributed by atoms with Crippen LogP contribution in [0, 0.1) is 0 Å². The van der Waals surface area contributed by atoms with Crippen molar-refractivity contribution in [1.82, 2.24) is 16.0 Å². The van der Waals surface area contributed by atoms with Gasteiger partial charge in [-0.1, -0.05) is 18.2 Å². The van der Waals surface area contributed by atoms with Crippen molar-refractivity contribution in [2.24, 2.45) is 0 Å². The van der Waals surface area contributed by atoms with Gasteiger partial charge in [0.15, 0.2) is 6.29 Å². The van der Waals surface area contributed by atoms with Crippen molar-refractivity contribution in [2.45, 2.75) is 12.7 Å². The first-order chi connectivity index (χ1) is 10.7. The van der Waals surface area contributed by atoms with Crippen molar-refractivity contribution in [3.8, 4) is 5.75 Å². The highest BCUT2D eigenvalue weighted by atomic mass is 16.6. The highest BCUT2D eigenvalue weighted by Crippen LogP contribution is 2.10. The van der Waals surface area contributed by atoms with Gasteiger partial charge in [-0.2, -0.15) is 0 Å². The Kier molecular flexibility index (Phi) is 9.97. The van der Waals surface area contributed by atoms with E-state index in [4.69, 9.17) is 9.84 Å². The zero-order valence-corrected chi connectivity index (χ0v) is 12.6. The monoisotopic (exact) mass is 311 g/mol. The number of aliphatic hydroxyl groups excluding tert-OH is 1. The van der Waals surface area contributed by atoms with Gasteiger partial charge in [-0.15, -0.1) is 0 Å². The zero-order valence-electron chi connectivity index (χ0n) is 12.6. The van der Waals surface area contributed by atoms with Crippen LogP contribution in [0.3, 0.4) is 0 Å². The molecule has 0 saturated heterocycles. The maximum Gasteiger partial charge on any atom is 0.317 e. The molecule has 1 aromatic carbocycles. The lowest BCUT2D eigenvalue weighted by molar-refractivity contribution is -0.135. The minimum Gasteiger partial charge on any atom is -0.480 e. The number of para-hydroxylation sites is 1. The van der Waals surface area contributed by atoms with Crippen molar-refractivity contribution < 1.29 is 19.7 Å². The molecule has 0 aromatic heterocycles. The fourth-order valence-corrected chi connectivity index (χ4v) is 1.74. The lowest BCUT2D eigenvalue weighted by Gasteiger charge is -2.13. The second-order valence-electron chi connectivity index (χ2n) is 4.74. The molecule has 5 N–H and O–H groups in total. The van der Waals surface area contributed by atoms with Crippen molar-refractivity contribution >= 4 is 5.97 Å². The van der Waals surface area contributed by atoms with Crippen LogP contribution in [0.5, 0.6) is 5.75 Å².